The van der Waals surface area contributed by atoms with Crippen molar-refractivity contribution in [3.05, 3.63) is 99.1 Å². The number of carbonyl (C=O) groups excluding carboxylic acids is 1. The lowest BCUT2D eigenvalue weighted by molar-refractivity contribution is -0.388. The second kappa shape index (κ2) is 9.69. The van der Waals surface area contributed by atoms with Crippen LogP contribution in [0.5, 0.6) is 0 Å². The van der Waals surface area contributed by atoms with Crippen LogP contribution in [0.4, 0.5) is 30.2 Å². The maximum atomic E-state index is 13.3. The number of nitro groups is 1. The summed E-state index contributed by atoms with van der Waals surface area (Å²) in [6, 6.07) is 17.1. The van der Waals surface area contributed by atoms with Crippen LogP contribution in [-0.4, -0.2) is 10.8 Å². The van der Waals surface area contributed by atoms with Gasteiger partial charge in [-0.2, -0.15) is 13.2 Å². The van der Waals surface area contributed by atoms with Crippen LogP contribution < -0.4 is 10.6 Å². The molecule has 0 aliphatic carbocycles. The molecule has 0 saturated heterocycles. The van der Waals surface area contributed by atoms with E-state index in [1.54, 1.807) is 54.6 Å². The first kappa shape index (κ1) is 23.1. The molecule has 32 heavy (non-hydrogen) atoms. The fourth-order valence-electron chi connectivity index (χ4n) is 3.08. The van der Waals surface area contributed by atoms with E-state index in [4.69, 9.17) is 11.6 Å². The second-order valence-electron chi connectivity index (χ2n) is 6.85. The average molecular weight is 464 g/mol. The van der Waals surface area contributed by atoms with Gasteiger partial charge in [0.05, 0.1) is 17.4 Å². The standard InChI is InChI=1S/C22H17ClF3N3O3/c23-15-6-8-16(9-7-15)28-21(30)13-19(14-4-2-1-3-5-14)27-17-10-11-20(29(31)32)18(12-17)22(24,25)26/h1-12,19,27H,13H2,(H,28,30). The molecule has 166 valence electrons. The van der Waals surface area contributed by atoms with E-state index in [2.05, 4.69) is 10.6 Å². The highest BCUT2D eigenvalue weighted by Gasteiger charge is 2.38. The maximum absolute atomic E-state index is 13.3. The number of nitro benzene ring substituents is 1. The minimum absolute atomic E-state index is 0.00364. The van der Waals surface area contributed by atoms with Crippen LogP contribution in [-0.2, 0) is 11.0 Å². The summed E-state index contributed by atoms with van der Waals surface area (Å²) in [6.45, 7) is 0. The lowest BCUT2D eigenvalue weighted by Gasteiger charge is -2.21. The number of halogens is 4. The summed E-state index contributed by atoms with van der Waals surface area (Å²) in [5, 5.41) is 17.1. The molecule has 0 aliphatic heterocycles. The molecule has 3 rings (SSSR count). The van der Waals surface area contributed by atoms with Crippen molar-refractivity contribution in [2.24, 2.45) is 0 Å². The topological polar surface area (TPSA) is 84.3 Å². The van der Waals surface area contributed by atoms with Crippen molar-refractivity contribution in [3.63, 3.8) is 0 Å². The van der Waals surface area contributed by atoms with Gasteiger partial charge in [0.1, 0.15) is 5.56 Å². The Hall–Kier alpha value is -3.59. The summed E-state index contributed by atoms with van der Waals surface area (Å²) >= 11 is 5.83. The van der Waals surface area contributed by atoms with E-state index < -0.39 is 28.4 Å². The Balaban J connectivity index is 1.86. The highest BCUT2D eigenvalue weighted by Crippen LogP contribution is 2.38. The minimum Gasteiger partial charge on any atom is -0.378 e. The lowest BCUT2D eigenvalue weighted by atomic mass is 10.0. The predicted molar refractivity (Wildman–Crippen MR) is 116 cm³/mol. The van der Waals surface area contributed by atoms with Crippen molar-refractivity contribution in [2.75, 3.05) is 10.6 Å². The first-order valence-corrected chi connectivity index (χ1v) is 9.74. The van der Waals surface area contributed by atoms with Gasteiger partial charge >= 0.3 is 6.18 Å². The Morgan fingerprint density at radius 1 is 1.00 bits per heavy atom. The second-order valence-corrected chi connectivity index (χ2v) is 7.29. The van der Waals surface area contributed by atoms with Crippen LogP contribution >= 0.6 is 11.6 Å². The molecule has 3 aromatic carbocycles. The summed E-state index contributed by atoms with van der Waals surface area (Å²) in [5.74, 6) is -0.383. The Bertz CT molecular complexity index is 1110. The molecular formula is C22H17ClF3N3O3. The van der Waals surface area contributed by atoms with Crippen molar-refractivity contribution in [1.29, 1.82) is 0 Å². The van der Waals surface area contributed by atoms with E-state index in [1.807, 2.05) is 0 Å². The molecule has 0 heterocycles. The molecule has 0 fully saturated rings. The molecule has 10 heteroatoms. The van der Waals surface area contributed by atoms with E-state index in [1.165, 1.54) is 6.07 Å². The number of amides is 1. The van der Waals surface area contributed by atoms with Crippen LogP contribution in [0.1, 0.15) is 23.6 Å². The monoisotopic (exact) mass is 463 g/mol. The highest BCUT2D eigenvalue weighted by molar-refractivity contribution is 6.30. The van der Waals surface area contributed by atoms with Crippen LogP contribution in [0.3, 0.4) is 0 Å². The number of nitrogens with zero attached hydrogens (tertiary/aromatic N) is 1. The molecule has 1 unspecified atom stereocenters. The molecule has 2 N–H and O–H groups in total. The zero-order chi connectivity index (χ0) is 23.3. The average Bonchev–Trinajstić information content (AvgIpc) is 2.75. The Morgan fingerprint density at radius 2 is 1.62 bits per heavy atom. The van der Waals surface area contributed by atoms with Crippen molar-refractivity contribution in [2.45, 2.75) is 18.6 Å². The van der Waals surface area contributed by atoms with Crippen LogP contribution in [0.25, 0.3) is 0 Å². The van der Waals surface area contributed by atoms with Gasteiger partial charge in [0.15, 0.2) is 0 Å². The molecule has 3 aromatic rings. The van der Waals surface area contributed by atoms with E-state index in [0.717, 1.165) is 6.07 Å². The fraction of sp³-hybridized carbons (Fsp3) is 0.136. The van der Waals surface area contributed by atoms with Gasteiger partial charge in [-0.3, -0.25) is 14.9 Å². The molecule has 0 saturated carbocycles. The Labute approximate surface area is 186 Å². The third-order valence-electron chi connectivity index (χ3n) is 4.56. The Morgan fingerprint density at radius 3 is 2.22 bits per heavy atom. The summed E-state index contributed by atoms with van der Waals surface area (Å²) < 4.78 is 40.0. The SMILES string of the molecule is O=C(CC(Nc1ccc([N+](=O)[O-])c(C(F)(F)F)c1)c1ccccc1)Nc1ccc(Cl)cc1. The van der Waals surface area contributed by atoms with Crippen LogP contribution in [0.15, 0.2) is 72.8 Å². The van der Waals surface area contributed by atoms with Gasteiger partial charge in [0.25, 0.3) is 5.69 Å². The summed E-state index contributed by atoms with van der Waals surface area (Å²) in [7, 11) is 0. The zero-order valence-electron chi connectivity index (χ0n) is 16.4. The molecule has 1 amide bonds. The third-order valence-corrected chi connectivity index (χ3v) is 4.81. The number of hydrogen-bond donors (Lipinski definition) is 2. The van der Waals surface area contributed by atoms with Gasteiger partial charge in [-0.1, -0.05) is 41.9 Å². The largest absolute Gasteiger partial charge is 0.423 e. The number of nitrogens with one attached hydrogen (secondary N) is 2. The summed E-state index contributed by atoms with van der Waals surface area (Å²) in [6.07, 6.45) is -5.01. The minimum atomic E-state index is -4.91. The van der Waals surface area contributed by atoms with Crippen LogP contribution in [0.2, 0.25) is 5.02 Å². The van der Waals surface area contributed by atoms with E-state index >= 15 is 0 Å². The first-order chi connectivity index (χ1) is 15.1. The Kier molecular flexibility index (Phi) is 6.99. The van der Waals surface area contributed by atoms with Gasteiger partial charge in [-0.25, -0.2) is 0 Å². The summed E-state index contributed by atoms with van der Waals surface area (Å²) in [5.41, 5.74) is -1.24. The molecule has 0 spiro atoms. The molecule has 0 aliphatic rings. The first-order valence-electron chi connectivity index (χ1n) is 9.36. The van der Waals surface area contributed by atoms with E-state index in [-0.39, 0.29) is 18.0 Å². The van der Waals surface area contributed by atoms with Crippen molar-refractivity contribution >= 4 is 34.6 Å². The van der Waals surface area contributed by atoms with Crippen molar-refractivity contribution in [1.82, 2.24) is 0 Å². The quantitative estimate of drug-likeness (QED) is 0.311. The smallest absolute Gasteiger partial charge is 0.378 e. The molecule has 6 nitrogen and oxygen atoms in total. The molecule has 0 aromatic heterocycles. The van der Waals surface area contributed by atoms with E-state index in [9.17, 15) is 28.1 Å². The van der Waals surface area contributed by atoms with Gasteiger partial charge in [-0.05, 0) is 42.0 Å². The predicted octanol–water partition coefficient (Wildman–Crippen LogP) is 6.45. The highest BCUT2D eigenvalue weighted by atomic mass is 35.5. The molecular weight excluding hydrogens is 447 g/mol. The van der Waals surface area contributed by atoms with Gasteiger partial charge < -0.3 is 10.6 Å². The number of carbonyl (C=O) groups is 1. The van der Waals surface area contributed by atoms with Crippen molar-refractivity contribution < 1.29 is 22.9 Å². The summed E-state index contributed by atoms with van der Waals surface area (Å²) in [4.78, 5) is 22.5. The van der Waals surface area contributed by atoms with Gasteiger partial charge in [-0.15, -0.1) is 0 Å². The molecule has 0 radical (unpaired) electrons. The van der Waals surface area contributed by atoms with E-state index in [0.29, 0.717) is 22.3 Å². The lowest BCUT2D eigenvalue weighted by Crippen LogP contribution is -2.21. The number of rotatable bonds is 7. The number of alkyl halides is 3. The zero-order valence-corrected chi connectivity index (χ0v) is 17.2. The third kappa shape index (κ3) is 5.98. The van der Waals surface area contributed by atoms with Crippen LogP contribution in [0, 0.1) is 10.1 Å². The molecule has 1 atom stereocenters. The van der Waals surface area contributed by atoms with Gasteiger partial charge in [0.2, 0.25) is 5.91 Å². The van der Waals surface area contributed by atoms with Gasteiger partial charge in [0, 0.05) is 22.5 Å². The number of benzene rings is 3. The molecule has 0 bridgehead atoms. The normalized spacial score (nSPS) is 12.1. The number of anilines is 2. The fourth-order valence-corrected chi connectivity index (χ4v) is 3.21. The maximum Gasteiger partial charge on any atom is 0.423 e. The van der Waals surface area contributed by atoms with Crippen molar-refractivity contribution in [3.8, 4) is 0 Å². The number of hydrogen-bond acceptors (Lipinski definition) is 4.